The molecular weight excluding hydrogens is 464 g/mol. The number of hydrogen-bond donors (Lipinski definition) is 2. The second-order valence-electron chi connectivity index (χ2n) is 8.83. The van der Waals surface area contributed by atoms with Gasteiger partial charge in [0.25, 0.3) is 0 Å². The Labute approximate surface area is 202 Å². The summed E-state index contributed by atoms with van der Waals surface area (Å²) in [4.78, 5) is 12.4. The average Bonchev–Trinajstić information content (AvgIpc) is 2.80. The molecule has 0 aliphatic heterocycles. The highest BCUT2D eigenvalue weighted by Gasteiger charge is 2.28. The number of aryl methyl sites for hydroxylation is 1. The minimum atomic E-state index is 0.160. The molecule has 1 aliphatic carbocycles. The Morgan fingerprint density at radius 1 is 1.19 bits per heavy atom. The highest BCUT2D eigenvalue weighted by atomic mass is 79.9. The lowest BCUT2D eigenvalue weighted by atomic mass is 9.75. The molecule has 2 aromatic rings. The number of carbonyl (C=O) groups excluding carboxylic acids is 1. The molecule has 0 saturated heterocycles. The fourth-order valence-corrected chi connectivity index (χ4v) is 5.04. The summed E-state index contributed by atoms with van der Waals surface area (Å²) in [5.41, 5.74) is 9.68. The lowest BCUT2D eigenvalue weighted by molar-refractivity contribution is -0.121. The standard InChI is InChI=1S/C19H29NO2.C8H10BrN/c1-5-13(2)15-7-9-16(10-8-15)19(21)20-17-11-6-14(3)18(12-17)22-4;1-2-6-7(9)4-3-5-8(6)10/h6,11-13,15-16H,5,7-10H2,1-4H3,(H,20,21);3-5H,2,10H2,1H3. The van der Waals surface area contributed by atoms with Gasteiger partial charge in [0.2, 0.25) is 5.91 Å². The van der Waals surface area contributed by atoms with Gasteiger partial charge in [-0.3, -0.25) is 4.79 Å². The number of ether oxygens (including phenoxy) is 1. The molecule has 176 valence electrons. The van der Waals surface area contributed by atoms with E-state index in [1.54, 1.807) is 7.11 Å². The summed E-state index contributed by atoms with van der Waals surface area (Å²) < 4.78 is 6.42. The van der Waals surface area contributed by atoms with E-state index in [-0.39, 0.29) is 11.8 Å². The fourth-order valence-electron chi connectivity index (χ4n) is 4.37. The van der Waals surface area contributed by atoms with Gasteiger partial charge >= 0.3 is 0 Å². The third-order valence-electron chi connectivity index (χ3n) is 6.78. The molecule has 32 heavy (non-hydrogen) atoms. The Balaban J connectivity index is 0.000000303. The van der Waals surface area contributed by atoms with Crippen molar-refractivity contribution in [2.75, 3.05) is 18.2 Å². The number of nitrogen functional groups attached to an aromatic ring is 1. The Kier molecular flexibility index (Phi) is 10.6. The van der Waals surface area contributed by atoms with E-state index in [0.29, 0.717) is 0 Å². The molecule has 1 aliphatic rings. The van der Waals surface area contributed by atoms with Crippen molar-refractivity contribution in [1.29, 1.82) is 0 Å². The van der Waals surface area contributed by atoms with Crippen molar-refractivity contribution < 1.29 is 9.53 Å². The zero-order valence-corrected chi connectivity index (χ0v) is 21.8. The summed E-state index contributed by atoms with van der Waals surface area (Å²) in [6.45, 7) is 8.69. The Bertz CT molecular complexity index is 856. The molecular formula is C27H39BrN2O2. The lowest BCUT2D eigenvalue weighted by Gasteiger charge is -2.31. The number of methoxy groups -OCH3 is 1. The molecule has 4 nitrogen and oxygen atoms in total. The number of rotatable bonds is 6. The number of carbonyl (C=O) groups is 1. The highest BCUT2D eigenvalue weighted by Crippen LogP contribution is 2.35. The molecule has 5 heteroatoms. The third kappa shape index (κ3) is 7.26. The summed E-state index contributed by atoms with van der Waals surface area (Å²) in [5.74, 6) is 2.72. The number of halogens is 1. The number of hydrogen-bond acceptors (Lipinski definition) is 3. The number of amides is 1. The quantitative estimate of drug-likeness (QED) is 0.404. The topological polar surface area (TPSA) is 64.3 Å². The summed E-state index contributed by atoms with van der Waals surface area (Å²) in [7, 11) is 1.66. The van der Waals surface area contributed by atoms with Gasteiger partial charge in [0.1, 0.15) is 5.75 Å². The van der Waals surface area contributed by atoms with Crippen molar-refractivity contribution >= 4 is 33.2 Å². The predicted octanol–water partition coefficient (Wildman–Crippen LogP) is 7.39. The zero-order chi connectivity index (χ0) is 23.7. The first-order chi connectivity index (χ1) is 15.3. The van der Waals surface area contributed by atoms with Gasteiger partial charge in [-0.15, -0.1) is 0 Å². The molecule has 1 atom stereocenters. The van der Waals surface area contributed by atoms with Crippen molar-refractivity contribution in [3.63, 3.8) is 0 Å². The highest BCUT2D eigenvalue weighted by molar-refractivity contribution is 9.10. The second kappa shape index (κ2) is 12.9. The van der Waals surface area contributed by atoms with Crippen molar-refractivity contribution in [2.45, 2.75) is 66.2 Å². The zero-order valence-electron chi connectivity index (χ0n) is 20.2. The van der Waals surface area contributed by atoms with Crippen LogP contribution in [0.4, 0.5) is 11.4 Å². The van der Waals surface area contributed by atoms with Gasteiger partial charge in [-0.25, -0.2) is 0 Å². The maximum Gasteiger partial charge on any atom is 0.227 e. The smallest absolute Gasteiger partial charge is 0.227 e. The molecule has 3 rings (SSSR count). The van der Waals surface area contributed by atoms with Crippen LogP contribution in [0, 0.1) is 24.7 Å². The van der Waals surface area contributed by atoms with Crippen LogP contribution in [0.3, 0.4) is 0 Å². The van der Waals surface area contributed by atoms with E-state index in [1.165, 1.54) is 24.8 Å². The summed E-state index contributed by atoms with van der Waals surface area (Å²) in [5, 5.41) is 3.05. The molecule has 1 unspecified atom stereocenters. The van der Waals surface area contributed by atoms with Crippen LogP contribution in [0.25, 0.3) is 0 Å². The molecule has 2 aromatic carbocycles. The Hall–Kier alpha value is -2.01. The molecule has 0 spiro atoms. The average molecular weight is 504 g/mol. The first-order valence-corrected chi connectivity index (χ1v) is 12.6. The predicted molar refractivity (Wildman–Crippen MR) is 139 cm³/mol. The van der Waals surface area contributed by atoms with Crippen LogP contribution in [0.15, 0.2) is 40.9 Å². The van der Waals surface area contributed by atoms with Crippen LogP contribution >= 0.6 is 15.9 Å². The summed E-state index contributed by atoms with van der Waals surface area (Å²) in [6, 6.07) is 11.7. The monoisotopic (exact) mass is 502 g/mol. The fraction of sp³-hybridized carbons (Fsp3) is 0.519. The lowest BCUT2D eigenvalue weighted by Crippen LogP contribution is -2.28. The van der Waals surface area contributed by atoms with Gasteiger partial charge in [-0.2, -0.15) is 0 Å². The molecule has 1 saturated carbocycles. The molecule has 0 heterocycles. The maximum absolute atomic E-state index is 12.4. The molecule has 0 bridgehead atoms. The van der Waals surface area contributed by atoms with E-state index >= 15 is 0 Å². The van der Waals surface area contributed by atoms with E-state index in [4.69, 9.17) is 10.5 Å². The normalized spacial score (nSPS) is 18.8. The first-order valence-electron chi connectivity index (χ1n) is 11.8. The number of nitrogens with one attached hydrogen (secondary N) is 1. The number of anilines is 2. The van der Waals surface area contributed by atoms with Crippen LogP contribution in [-0.2, 0) is 11.2 Å². The molecule has 1 fully saturated rings. The largest absolute Gasteiger partial charge is 0.496 e. The second-order valence-corrected chi connectivity index (χ2v) is 9.69. The van der Waals surface area contributed by atoms with E-state index in [2.05, 4.69) is 42.0 Å². The minimum Gasteiger partial charge on any atom is -0.496 e. The van der Waals surface area contributed by atoms with Crippen molar-refractivity contribution in [2.24, 2.45) is 17.8 Å². The SMILES string of the molecule is CCC(C)C1CCC(C(=O)Nc2ccc(C)c(OC)c2)CC1.CCc1c(N)cccc1Br. The van der Waals surface area contributed by atoms with Crippen LogP contribution in [-0.4, -0.2) is 13.0 Å². The minimum absolute atomic E-state index is 0.160. The van der Waals surface area contributed by atoms with Gasteiger partial charge in [-0.1, -0.05) is 55.3 Å². The van der Waals surface area contributed by atoms with Crippen molar-refractivity contribution in [1.82, 2.24) is 0 Å². The van der Waals surface area contributed by atoms with E-state index in [0.717, 1.165) is 58.3 Å². The summed E-state index contributed by atoms with van der Waals surface area (Å²) >= 11 is 3.43. The molecule has 0 radical (unpaired) electrons. The third-order valence-corrected chi connectivity index (χ3v) is 7.52. The van der Waals surface area contributed by atoms with Gasteiger partial charge in [0.05, 0.1) is 7.11 Å². The Morgan fingerprint density at radius 3 is 2.41 bits per heavy atom. The van der Waals surface area contributed by atoms with Crippen LogP contribution in [0.1, 0.15) is 64.0 Å². The van der Waals surface area contributed by atoms with Gasteiger partial charge in [-0.05, 0) is 80.2 Å². The van der Waals surface area contributed by atoms with Gasteiger partial charge in [0.15, 0.2) is 0 Å². The van der Waals surface area contributed by atoms with Crippen LogP contribution < -0.4 is 15.8 Å². The number of nitrogens with two attached hydrogens (primary N) is 1. The van der Waals surface area contributed by atoms with Crippen molar-refractivity contribution in [3.8, 4) is 5.75 Å². The molecule has 1 amide bonds. The van der Waals surface area contributed by atoms with Gasteiger partial charge in [0, 0.05) is 27.8 Å². The molecule has 0 aromatic heterocycles. The maximum atomic E-state index is 12.4. The van der Waals surface area contributed by atoms with Crippen molar-refractivity contribution in [3.05, 3.63) is 52.0 Å². The molecule has 3 N–H and O–H groups in total. The summed E-state index contributed by atoms with van der Waals surface area (Å²) in [6.07, 6.45) is 6.63. The number of benzene rings is 2. The van der Waals surface area contributed by atoms with Crippen LogP contribution in [0.5, 0.6) is 5.75 Å². The van der Waals surface area contributed by atoms with E-state index < -0.39 is 0 Å². The first kappa shape index (κ1) is 26.2. The van der Waals surface area contributed by atoms with E-state index in [9.17, 15) is 4.79 Å². The Morgan fingerprint density at radius 2 is 1.88 bits per heavy atom. The van der Waals surface area contributed by atoms with Crippen LogP contribution in [0.2, 0.25) is 0 Å². The van der Waals surface area contributed by atoms with E-state index in [1.807, 2.05) is 43.3 Å². The van der Waals surface area contributed by atoms with Gasteiger partial charge < -0.3 is 15.8 Å².